The standard InChI is InChI=1S/C9H16ClN3/c1-5-6-13-8(10)7(11-12-13)9(2,3)4/h5-6H2,1-4H3. The maximum Gasteiger partial charge on any atom is 0.151 e. The third-order valence-electron chi connectivity index (χ3n) is 1.82. The Morgan fingerprint density at radius 3 is 2.38 bits per heavy atom. The molecule has 0 aliphatic carbocycles. The van der Waals surface area contributed by atoms with Crippen LogP contribution in [0.1, 0.15) is 39.8 Å². The summed E-state index contributed by atoms with van der Waals surface area (Å²) in [5.74, 6) is 0. The summed E-state index contributed by atoms with van der Waals surface area (Å²) < 4.78 is 1.75. The lowest BCUT2D eigenvalue weighted by Gasteiger charge is -2.14. The molecule has 0 aliphatic heterocycles. The fourth-order valence-corrected chi connectivity index (χ4v) is 1.56. The summed E-state index contributed by atoms with van der Waals surface area (Å²) >= 11 is 6.13. The third kappa shape index (κ3) is 2.21. The average Bonchev–Trinajstić information content (AvgIpc) is 2.32. The zero-order chi connectivity index (χ0) is 10.1. The van der Waals surface area contributed by atoms with Gasteiger partial charge in [-0.2, -0.15) is 0 Å². The lowest BCUT2D eigenvalue weighted by molar-refractivity contribution is 0.564. The van der Waals surface area contributed by atoms with E-state index in [1.54, 1.807) is 4.68 Å². The van der Waals surface area contributed by atoms with Crippen molar-refractivity contribution in [2.45, 2.75) is 46.1 Å². The lowest BCUT2D eigenvalue weighted by atomic mass is 9.93. The quantitative estimate of drug-likeness (QED) is 0.737. The smallest absolute Gasteiger partial charge is 0.151 e. The van der Waals surface area contributed by atoms with Crippen LogP contribution in [0, 0.1) is 0 Å². The normalized spacial score (nSPS) is 12.1. The van der Waals surface area contributed by atoms with Crippen LogP contribution in [0.25, 0.3) is 0 Å². The van der Waals surface area contributed by atoms with Gasteiger partial charge in [0.2, 0.25) is 0 Å². The van der Waals surface area contributed by atoms with Crippen molar-refractivity contribution in [1.82, 2.24) is 15.0 Å². The second kappa shape index (κ2) is 3.66. The topological polar surface area (TPSA) is 30.7 Å². The Labute approximate surface area is 84.1 Å². The Hall–Kier alpha value is -0.570. The molecule has 0 amide bonds. The van der Waals surface area contributed by atoms with Crippen LogP contribution in [0.3, 0.4) is 0 Å². The van der Waals surface area contributed by atoms with Crippen molar-refractivity contribution < 1.29 is 0 Å². The van der Waals surface area contributed by atoms with Gasteiger partial charge in [-0.15, -0.1) is 5.10 Å². The number of hydrogen-bond donors (Lipinski definition) is 0. The summed E-state index contributed by atoms with van der Waals surface area (Å²) in [4.78, 5) is 0. The molecule has 0 saturated carbocycles. The molecule has 0 aliphatic rings. The van der Waals surface area contributed by atoms with E-state index in [9.17, 15) is 0 Å². The third-order valence-corrected chi connectivity index (χ3v) is 2.19. The average molecular weight is 202 g/mol. The summed E-state index contributed by atoms with van der Waals surface area (Å²) in [7, 11) is 0. The molecule has 0 spiro atoms. The predicted octanol–water partition coefficient (Wildman–Crippen LogP) is 2.64. The molecule has 1 aromatic rings. The SMILES string of the molecule is CCCn1nnc(C(C)(C)C)c1Cl. The minimum atomic E-state index is -0.0247. The summed E-state index contributed by atoms with van der Waals surface area (Å²) in [6.45, 7) is 9.17. The van der Waals surface area contributed by atoms with Crippen LogP contribution in [0.15, 0.2) is 0 Å². The second-order valence-corrected chi connectivity index (χ2v) is 4.56. The highest BCUT2D eigenvalue weighted by molar-refractivity contribution is 6.30. The van der Waals surface area contributed by atoms with Crippen molar-refractivity contribution in [2.24, 2.45) is 0 Å². The molecular weight excluding hydrogens is 186 g/mol. The summed E-state index contributed by atoms with van der Waals surface area (Å²) in [5.41, 5.74) is 0.853. The van der Waals surface area contributed by atoms with Crippen LogP contribution in [0.4, 0.5) is 0 Å². The highest BCUT2D eigenvalue weighted by Gasteiger charge is 2.22. The Balaban J connectivity index is 2.99. The molecule has 1 aromatic heterocycles. The Morgan fingerprint density at radius 2 is 2.00 bits per heavy atom. The number of halogens is 1. The first-order valence-corrected chi connectivity index (χ1v) is 4.94. The van der Waals surface area contributed by atoms with Gasteiger partial charge >= 0.3 is 0 Å². The fourth-order valence-electron chi connectivity index (χ4n) is 1.12. The van der Waals surface area contributed by atoms with Crippen LogP contribution >= 0.6 is 11.6 Å². The van der Waals surface area contributed by atoms with E-state index in [0.717, 1.165) is 18.7 Å². The van der Waals surface area contributed by atoms with Crippen molar-refractivity contribution >= 4 is 11.6 Å². The van der Waals surface area contributed by atoms with Gasteiger partial charge in [-0.3, -0.25) is 0 Å². The molecule has 13 heavy (non-hydrogen) atoms. The van der Waals surface area contributed by atoms with E-state index in [0.29, 0.717) is 5.15 Å². The molecule has 1 heterocycles. The van der Waals surface area contributed by atoms with Gasteiger partial charge in [0.15, 0.2) is 5.15 Å². The summed E-state index contributed by atoms with van der Waals surface area (Å²) in [5, 5.41) is 8.77. The van der Waals surface area contributed by atoms with Gasteiger partial charge in [0.25, 0.3) is 0 Å². The maximum absolute atomic E-state index is 6.13. The number of hydrogen-bond acceptors (Lipinski definition) is 2. The van der Waals surface area contributed by atoms with Gasteiger partial charge in [-0.1, -0.05) is 44.5 Å². The van der Waals surface area contributed by atoms with E-state index < -0.39 is 0 Å². The molecule has 3 nitrogen and oxygen atoms in total. The highest BCUT2D eigenvalue weighted by Crippen LogP contribution is 2.26. The zero-order valence-corrected chi connectivity index (χ0v) is 9.39. The van der Waals surface area contributed by atoms with Crippen molar-refractivity contribution in [2.75, 3.05) is 0 Å². The van der Waals surface area contributed by atoms with Crippen molar-refractivity contribution in [3.63, 3.8) is 0 Å². The van der Waals surface area contributed by atoms with Crippen LogP contribution in [0.2, 0.25) is 5.15 Å². The van der Waals surface area contributed by atoms with E-state index >= 15 is 0 Å². The molecule has 0 aromatic carbocycles. The van der Waals surface area contributed by atoms with Gasteiger partial charge in [0.1, 0.15) is 5.69 Å². The minimum Gasteiger partial charge on any atom is -0.234 e. The number of aryl methyl sites for hydroxylation is 1. The molecule has 0 radical (unpaired) electrons. The number of rotatable bonds is 2. The van der Waals surface area contributed by atoms with Gasteiger partial charge in [0.05, 0.1) is 0 Å². The molecule has 0 fully saturated rings. The van der Waals surface area contributed by atoms with Gasteiger partial charge in [-0.25, -0.2) is 4.68 Å². The molecule has 1 rings (SSSR count). The minimum absolute atomic E-state index is 0.0247. The Kier molecular flexibility index (Phi) is 2.96. The monoisotopic (exact) mass is 201 g/mol. The fraction of sp³-hybridized carbons (Fsp3) is 0.778. The van der Waals surface area contributed by atoms with E-state index in [2.05, 4.69) is 38.0 Å². The van der Waals surface area contributed by atoms with Crippen molar-refractivity contribution in [1.29, 1.82) is 0 Å². The number of aromatic nitrogens is 3. The molecule has 0 N–H and O–H groups in total. The molecule has 4 heteroatoms. The van der Waals surface area contributed by atoms with Gasteiger partial charge in [-0.05, 0) is 6.42 Å². The van der Waals surface area contributed by atoms with Crippen molar-refractivity contribution in [3.8, 4) is 0 Å². The summed E-state index contributed by atoms with van der Waals surface area (Å²) in [6, 6.07) is 0. The predicted molar refractivity (Wildman–Crippen MR) is 54.0 cm³/mol. The first-order chi connectivity index (χ1) is 5.96. The van der Waals surface area contributed by atoms with E-state index in [-0.39, 0.29) is 5.41 Å². The largest absolute Gasteiger partial charge is 0.234 e. The second-order valence-electron chi connectivity index (χ2n) is 4.20. The molecule has 0 unspecified atom stereocenters. The Bertz CT molecular complexity index is 286. The van der Waals surface area contributed by atoms with Gasteiger partial charge in [0, 0.05) is 12.0 Å². The first kappa shape index (κ1) is 10.5. The maximum atomic E-state index is 6.13. The van der Waals surface area contributed by atoms with Crippen LogP contribution in [0.5, 0.6) is 0 Å². The highest BCUT2D eigenvalue weighted by atomic mass is 35.5. The van der Waals surface area contributed by atoms with Crippen LogP contribution in [-0.4, -0.2) is 15.0 Å². The number of nitrogens with zero attached hydrogens (tertiary/aromatic N) is 3. The molecule has 0 atom stereocenters. The van der Waals surface area contributed by atoms with Crippen LogP contribution in [-0.2, 0) is 12.0 Å². The molecule has 0 bridgehead atoms. The van der Waals surface area contributed by atoms with Crippen LogP contribution < -0.4 is 0 Å². The first-order valence-electron chi connectivity index (χ1n) is 4.56. The van der Waals surface area contributed by atoms with E-state index in [4.69, 9.17) is 11.6 Å². The summed E-state index contributed by atoms with van der Waals surface area (Å²) in [6.07, 6.45) is 1.02. The Morgan fingerprint density at radius 1 is 1.38 bits per heavy atom. The lowest BCUT2D eigenvalue weighted by Crippen LogP contribution is -2.12. The zero-order valence-electron chi connectivity index (χ0n) is 8.63. The van der Waals surface area contributed by atoms with E-state index in [1.165, 1.54) is 0 Å². The van der Waals surface area contributed by atoms with Gasteiger partial charge < -0.3 is 0 Å². The molecule has 74 valence electrons. The molecule has 0 saturated heterocycles. The molecular formula is C9H16ClN3. The van der Waals surface area contributed by atoms with E-state index in [1.807, 2.05) is 0 Å². The van der Waals surface area contributed by atoms with Crippen molar-refractivity contribution in [3.05, 3.63) is 10.8 Å².